The van der Waals surface area contributed by atoms with Gasteiger partial charge in [0.05, 0.1) is 6.61 Å². The number of nitrogens with one attached hydrogen (secondary N) is 1. The number of aryl methyl sites for hydroxylation is 1. The quantitative estimate of drug-likeness (QED) is 0.313. The summed E-state index contributed by atoms with van der Waals surface area (Å²) in [7, 11) is 0. The van der Waals surface area contributed by atoms with E-state index in [0.29, 0.717) is 13.2 Å². The Morgan fingerprint density at radius 3 is 2.35 bits per heavy atom. The van der Waals surface area contributed by atoms with Crippen molar-refractivity contribution in [1.82, 2.24) is 14.8 Å². The minimum atomic E-state index is 0.0809. The molecule has 1 aliphatic heterocycles. The van der Waals surface area contributed by atoms with Crippen molar-refractivity contribution in [3.63, 3.8) is 0 Å². The lowest BCUT2D eigenvalue weighted by molar-refractivity contribution is -0.126. The van der Waals surface area contributed by atoms with Gasteiger partial charge in [-0.15, -0.1) is 0 Å². The van der Waals surface area contributed by atoms with Crippen LogP contribution in [-0.4, -0.2) is 35.1 Å². The summed E-state index contributed by atoms with van der Waals surface area (Å²) in [4.78, 5) is 15.3. The van der Waals surface area contributed by atoms with E-state index in [9.17, 15) is 4.79 Å². The molecule has 3 aromatic carbocycles. The van der Waals surface area contributed by atoms with E-state index < -0.39 is 0 Å². The van der Waals surface area contributed by atoms with Crippen molar-refractivity contribution in [3.8, 4) is 5.75 Å². The molecule has 1 amide bonds. The number of fused-ring (bicyclic) bond motifs is 1. The van der Waals surface area contributed by atoms with Crippen LogP contribution in [0.5, 0.6) is 5.75 Å². The van der Waals surface area contributed by atoms with Gasteiger partial charge in [0.2, 0.25) is 5.91 Å². The second-order valence-corrected chi connectivity index (χ2v) is 10.1. The number of ether oxygens (including phenoxy) is 1. The number of hydrogen-bond donors (Lipinski definition) is 1. The Labute approximate surface area is 220 Å². The standard InChI is InChI=1S/C32H37N3O2/c1-3-37-30-14-12-25(13-15-30)21-33-32(36)27-16-18-34(19-17-27)23-29-20-28-6-4-5-7-31(28)35(29)22-26-10-8-24(2)9-11-26/h4-15,20,27H,3,16-19,21-23H2,1-2H3,(H,33,36). The van der Waals surface area contributed by atoms with Crippen LogP contribution in [-0.2, 0) is 24.4 Å². The van der Waals surface area contributed by atoms with Crippen LogP contribution < -0.4 is 10.1 Å². The number of benzene rings is 3. The molecule has 1 N–H and O–H groups in total. The molecule has 192 valence electrons. The number of carbonyl (C=O) groups is 1. The van der Waals surface area contributed by atoms with E-state index in [1.54, 1.807) is 0 Å². The predicted octanol–water partition coefficient (Wildman–Crippen LogP) is 5.93. The number of likely N-dealkylation sites (tertiary alicyclic amines) is 1. The summed E-state index contributed by atoms with van der Waals surface area (Å²) in [6.07, 6.45) is 1.79. The second kappa shape index (κ2) is 11.7. The largest absolute Gasteiger partial charge is 0.494 e. The molecular formula is C32H37N3O2. The first-order chi connectivity index (χ1) is 18.1. The molecule has 0 atom stereocenters. The number of hydrogen-bond acceptors (Lipinski definition) is 3. The third-order valence-electron chi connectivity index (χ3n) is 7.40. The minimum absolute atomic E-state index is 0.0809. The summed E-state index contributed by atoms with van der Waals surface area (Å²) in [5.41, 5.74) is 6.31. The average Bonchev–Trinajstić information content (AvgIpc) is 3.26. The van der Waals surface area contributed by atoms with E-state index in [1.807, 2.05) is 31.2 Å². The maximum atomic E-state index is 12.8. The van der Waals surface area contributed by atoms with Crippen LogP contribution in [0.4, 0.5) is 0 Å². The van der Waals surface area contributed by atoms with Gasteiger partial charge in [0, 0.05) is 36.8 Å². The van der Waals surface area contributed by atoms with E-state index in [0.717, 1.165) is 50.3 Å². The molecule has 0 spiro atoms. The highest BCUT2D eigenvalue weighted by molar-refractivity contribution is 5.81. The van der Waals surface area contributed by atoms with E-state index in [1.165, 1.54) is 27.7 Å². The number of carbonyl (C=O) groups excluding carboxylic acids is 1. The molecule has 4 aromatic rings. The van der Waals surface area contributed by atoms with Gasteiger partial charge < -0.3 is 14.6 Å². The van der Waals surface area contributed by atoms with Crippen molar-refractivity contribution in [2.75, 3.05) is 19.7 Å². The lowest BCUT2D eigenvalue weighted by atomic mass is 9.95. The van der Waals surface area contributed by atoms with Gasteiger partial charge in [0.25, 0.3) is 0 Å². The van der Waals surface area contributed by atoms with Crippen molar-refractivity contribution in [2.24, 2.45) is 5.92 Å². The van der Waals surface area contributed by atoms with Gasteiger partial charge in [0.1, 0.15) is 5.75 Å². The zero-order valence-corrected chi connectivity index (χ0v) is 22.0. The van der Waals surface area contributed by atoms with Crippen molar-refractivity contribution >= 4 is 16.8 Å². The zero-order chi connectivity index (χ0) is 25.6. The highest BCUT2D eigenvalue weighted by Gasteiger charge is 2.25. The molecule has 5 nitrogen and oxygen atoms in total. The van der Waals surface area contributed by atoms with Gasteiger partial charge in [-0.1, -0.05) is 60.2 Å². The van der Waals surface area contributed by atoms with E-state index in [2.05, 4.69) is 76.3 Å². The van der Waals surface area contributed by atoms with Gasteiger partial charge in [0.15, 0.2) is 0 Å². The smallest absolute Gasteiger partial charge is 0.223 e. The number of aromatic nitrogens is 1. The molecular weight excluding hydrogens is 458 g/mol. The van der Waals surface area contributed by atoms with Crippen LogP contribution in [0.1, 0.15) is 42.1 Å². The first-order valence-electron chi connectivity index (χ1n) is 13.4. The molecule has 0 radical (unpaired) electrons. The van der Waals surface area contributed by atoms with Crippen LogP contribution >= 0.6 is 0 Å². The number of piperidine rings is 1. The normalized spacial score (nSPS) is 14.6. The summed E-state index contributed by atoms with van der Waals surface area (Å²) in [5, 5.41) is 4.43. The fraction of sp³-hybridized carbons (Fsp3) is 0.344. The molecule has 0 aliphatic carbocycles. The fourth-order valence-electron chi connectivity index (χ4n) is 5.25. The number of para-hydroxylation sites is 1. The SMILES string of the molecule is CCOc1ccc(CNC(=O)C2CCN(Cc3cc4ccccc4n3Cc3ccc(C)cc3)CC2)cc1. The molecule has 0 saturated carbocycles. The molecule has 0 unspecified atom stereocenters. The Hall–Kier alpha value is -3.57. The van der Waals surface area contributed by atoms with Crippen molar-refractivity contribution in [3.05, 3.63) is 101 Å². The molecule has 1 aliphatic rings. The molecule has 0 bridgehead atoms. The predicted molar refractivity (Wildman–Crippen MR) is 150 cm³/mol. The zero-order valence-electron chi connectivity index (χ0n) is 22.0. The molecule has 5 rings (SSSR count). The summed E-state index contributed by atoms with van der Waals surface area (Å²) >= 11 is 0. The highest BCUT2D eigenvalue weighted by Crippen LogP contribution is 2.25. The van der Waals surface area contributed by atoms with Crippen molar-refractivity contribution in [2.45, 2.75) is 46.3 Å². The van der Waals surface area contributed by atoms with Crippen LogP contribution in [0.25, 0.3) is 10.9 Å². The van der Waals surface area contributed by atoms with Gasteiger partial charge in [-0.05, 0) is 80.6 Å². The highest BCUT2D eigenvalue weighted by atomic mass is 16.5. The molecule has 37 heavy (non-hydrogen) atoms. The second-order valence-electron chi connectivity index (χ2n) is 10.1. The third-order valence-corrected chi connectivity index (χ3v) is 7.40. The molecule has 5 heteroatoms. The third kappa shape index (κ3) is 6.23. The van der Waals surface area contributed by atoms with E-state index >= 15 is 0 Å². The number of amides is 1. The van der Waals surface area contributed by atoms with Crippen molar-refractivity contribution < 1.29 is 9.53 Å². The van der Waals surface area contributed by atoms with Crippen molar-refractivity contribution in [1.29, 1.82) is 0 Å². The summed E-state index contributed by atoms with van der Waals surface area (Å²) in [6.45, 7) is 8.97. The lowest BCUT2D eigenvalue weighted by Crippen LogP contribution is -2.40. The van der Waals surface area contributed by atoms with Gasteiger partial charge in [-0.2, -0.15) is 0 Å². The molecule has 1 fully saturated rings. The Bertz CT molecular complexity index is 1320. The Morgan fingerprint density at radius 1 is 0.919 bits per heavy atom. The number of rotatable bonds is 9. The topological polar surface area (TPSA) is 46.5 Å². The summed E-state index contributed by atoms with van der Waals surface area (Å²) in [5.74, 6) is 1.11. The molecule has 1 aromatic heterocycles. The van der Waals surface area contributed by atoms with E-state index in [-0.39, 0.29) is 11.8 Å². The first-order valence-corrected chi connectivity index (χ1v) is 13.4. The molecule has 2 heterocycles. The Morgan fingerprint density at radius 2 is 1.62 bits per heavy atom. The summed E-state index contributed by atoms with van der Waals surface area (Å²) < 4.78 is 7.95. The minimum Gasteiger partial charge on any atom is -0.494 e. The monoisotopic (exact) mass is 495 g/mol. The summed E-state index contributed by atoms with van der Waals surface area (Å²) in [6, 6.07) is 27.8. The van der Waals surface area contributed by atoms with Crippen LogP contribution in [0.2, 0.25) is 0 Å². The van der Waals surface area contributed by atoms with Gasteiger partial charge in [-0.25, -0.2) is 0 Å². The lowest BCUT2D eigenvalue weighted by Gasteiger charge is -2.31. The Kier molecular flexibility index (Phi) is 7.90. The number of nitrogens with zero attached hydrogens (tertiary/aromatic N) is 2. The van der Waals surface area contributed by atoms with Crippen LogP contribution in [0.15, 0.2) is 78.9 Å². The first kappa shape index (κ1) is 25.1. The Balaban J connectivity index is 1.18. The van der Waals surface area contributed by atoms with Gasteiger partial charge in [-0.3, -0.25) is 9.69 Å². The maximum absolute atomic E-state index is 12.8. The van der Waals surface area contributed by atoms with Crippen LogP contribution in [0.3, 0.4) is 0 Å². The van der Waals surface area contributed by atoms with E-state index in [4.69, 9.17) is 4.74 Å². The maximum Gasteiger partial charge on any atom is 0.223 e. The average molecular weight is 496 g/mol. The molecule has 1 saturated heterocycles. The fourth-order valence-corrected chi connectivity index (χ4v) is 5.25. The van der Waals surface area contributed by atoms with Crippen LogP contribution in [0, 0.1) is 12.8 Å². The van der Waals surface area contributed by atoms with Gasteiger partial charge >= 0.3 is 0 Å².